The predicted octanol–water partition coefficient (Wildman–Crippen LogP) is 2.53. The van der Waals surface area contributed by atoms with Crippen LogP contribution in [0.4, 0.5) is 8.78 Å². The van der Waals surface area contributed by atoms with Gasteiger partial charge in [-0.05, 0) is 37.6 Å². The lowest BCUT2D eigenvalue weighted by molar-refractivity contribution is 0.175. The van der Waals surface area contributed by atoms with Gasteiger partial charge in [0.1, 0.15) is 11.6 Å². The topological polar surface area (TPSA) is 41.3 Å². The molecule has 0 saturated carbocycles. The molecule has 1 aliphatic heterocycles. The molecule has 1 saturated heterocycles. The summed E-state index contributed by atoms with van der Waals surface area (Å²) in [6, 6.07) is 5.18. The summed E-state index contributed by atoms with van der Waals surface area (Å²) in [7, 11) is 0. The molecule has 0 bridgehead atoms. The first-order chi connectivity index (χ1) is 11.1. The second kappa shape index (κ2) is 6.76. The van der Waals surface area contributed by atoms with Gasteiger partial charge in [-0.25, -0.2) is 8.78 Å². The van der Waals surface area contributed by atoms with E-state index in [-0.39, 0.29) is 6.04 Å². The average molecular weight is 321 g/mol. The zero-order valence-electron chi connectivity index (χ0n) is 13.1. The molecule has 0 aliphatic carbocycles. The molecule has 0 amide bonds. The Labute approximate surface area is 134 Å². The maximum absolute atomic E-state index is 14.1. The number of β-amino-alcohol motifs (C(OH)–C–C–N with tert-alkyl or cyclic N) is 1. The van der Waals surface area contributed by atoms with E-state index in [1.165, 1.54) is 6.07 Å². The number of benzene rings is 1. The van der Waals surface area contributed by atoms with Gasteiger partial charge in [0.05, 0.1) is 6.10 Å². The fourth-order valence-electron chi connectivity index (χ4n) is 3.34. The van der Waals surface area contributed by atoms with Crippen molar-refractivity contribution >= 4 is 0 Å². The van der Waals surface area contributed by atoms with E-state index in [0.717, 1.165) is 30.8 Å². The summed E-state index contributed by atoms with van der Waals surface area (Å²) in [4.78, 5) is 2.02. The van der Waals surface area contributed by atoms with E-state index in [4.69, 9.17) is 0 Å². The Bertz CT molecular complexity index is 674. The van der Waals surface area contributed by atoms with Crippen molar-refractivity contribution in [2.24, 2.45) is 0 Å². The van der Waals surface area contributed by atoms with E-state index in [1.54, 1.807) is 6.20 Å². The van der Waals surface area contributed by atoms with Crippen molar-refractivity contribution in [1.29, 1.82) is 0 Å². The predicted molar refractivity (Wildman–Crippen MR) is 82.9 cm³/mol. The molecule has 23 heavy (non-hydrogen) atoms. The summed E-state index contributed by atoms with van der Waals surface area (Å²) < 4.78 is 29.5. The molecule has 6 heteroatoms. The minimum Gasteiger partial charge on any atom is -0.392 e. The molecular formula is C17H21F2N3O. The van der Waals surface area contributed by atoms with E-state index in [2.05, 4.69) is 5.10 Å². The third-order valence-corrected chi connectivity index (χ3v) is 4.46. The standard InChI is InChI=1S/C17H21F2N3O/c1-2-22-13(5-7-20-22)6-8-21-11-14(23)10-17(21)15-9-12(18)3-4-16(15)19/h3-5,7,9,14,17,23H,2,6,8,10-11H2,1H3/t14-,17-/m1/s1. The average Bonchev–Trinajstić information content (AvgIpc) is 3.13. The largest absolute Gasteiger partial charge is 0.392 e. The third-order valence-electron chi connectivity index (χ3n) is 4.46. The molecular weight excluding hydrogens is 300 g/mol. The molecule has 0 radical (unpaired) electrons. The van der Waals surface area contributed by atoms with Crippen molar-refractivity contribution in [2.75, 3.05) is 13.1 Å². The molecule has 3 rings (SSSR count). The molecule has 0 spiro atoms. The van der Waals surface area contributed by atoms with E-state index >= 15 is 0 Å². The number of aliphatic hydroxyl groups is 1. The van der Waals surface area contributed by atoms with Gasteiger partial charge in [0.2, 0.25) is 0 Å². The van der Waals surface area contributed by atoms with Crippen LogP contribution in [0.2, 0.25) is 0 Å². The molecule has 0 unspecified atom stereocenters. The van der Waals surface area contributed by atoms with Crippen molar-refractivity contribution in [3.63, 3.8) is 0 Å². The quantitative estimate of drug-likeness (QED) is 0.920. The zero-order valence-corrected chi connectivity index (χ0v) is 13.1. The molecule has 4 nitrogen and oxygen atoms in total. The Morgan fingerprint density at radius 3 is 2.91 bits per heavy atom. The van der Waals surface area contributed by atoms with E-state index in [9.17, 15) is 13.9 Å². The Kier molecular flexibility index (Phi) is 4.73. The summed E-state index contributed by atoms with van der Waals surface area (Å²) >= 11 is 0. The molecule has 1 fully saturated rings. The van der Waals surface area contributed by atoms with Crippen LogP contribution in [0.1, 0.15) is 30.6 Å². The number of halogens is 2. The zero-order chi connectivity index (χ0) is 16.4. The highest BCUT2D eigenvalue weighted by Crippen LogP contribution is 2.34. The maximum Gasteiger partial charge on any atom is 0.128 e. The highest BCUT2D eigenvalue weighted by atomic mass is 19.1. The van der Waals surface area contributed by atoms with Crippen molar-refractivity contribution in [3.05, 3.63) is 53.4 Å². The monoisotopic (exact) mass is 321 g/mol. The lowest BCUT2D eigenvalue weighted by Crippen LogP contribution is -2.28. The van der Waals surface area contributed by atoms with Crippen LogP contribution in [0.5, 0.6) is 0 Å². The number of aliphatic hydroxyl groups excluding tert-OH is 1. The van der Waals surface area contributed by atoms with E-state index < -0.39 is 17.7 Å². The van der Waals surface area contributed by atoms with Crippen LogP contribution < -0.4 is 0 Å². The summed E-state index contributed by atoms with van der Waals surface area (Å²) in [5.41, 5.74) is 1.43. The van der Waals surface area contributed by atoms with E-state index in [0.29, 0.717) is 25.1 Å². The Balaban J connectivity index is 1.76. The van der Waals surface area contributed by atoms with Gasteiger partial charge in [0.15, 0.2) is 0 Å². The van der Waals surface area contributed by atoms with Gasteiger partial charge in [0.25, 0.3) is 0 Å². The van der Waals surface area contributed by atoms with Crippen molar-refractivity contribution in [1.82, 2.24) is 14.7 Å². The molecule has 2 aromatic rings. The number of hydrogen-bond acceptors (Lipinski definition) is 3. The Hall–Kier alpha value is -1.79. The van der Waals surface area contributed by atoms with Crippen LogP contribution in [0.25, 0.3) is 0 Å². The highest BCUT2D eigenvalue weighted by molar-refractivity contribution is 5.24. The smallest absolute Gasteiger partial charge is 0.128 e. The summed E-state index contributed by atoms with van der Waals surface area (Å²) in [6.45, 7) is 3.97. The van der Waals surface area contributed by atoms with Gasteiger partial charge in [-0.15, -0.1) is 0 Å². The number of nitrogens with zero attached hydrogens (tertiary/aromatic N) is 3. The van der Waals surface area contributed by atoms with Crippen molar-refractivity contribution in [3.8, 4) is 0 Å². The van der Waals surface area contributed by atoms with Gasteiger partial charge in [-0.1, -0.05) is 0 Å². The minimum absolute atomic E-state index is 0.293. The molecule has 2 heterocycles. The van der Waals surface area contributed by atoms with Gasteiger partial charge in [0, 0.05) is 49.6 Å². The second-order valence-corrected chi connectivity index (χ2v) is 5.95. The first kappa shape index (κ1) is 16.1. The van der Waals surface area contributed by atoms with Crippen LogP contribution in [0.3, 0.4) is 0 Å². The van der Waals surface area contributed by atoms with Gasteiger partial charge in [-0.3, -0.25) is 9.58 Å². The summed E-state index contributed by atoms with van der Waals surface area (Å²) in [5, 5.41) is 14.2. The fourth-order valence-corrected chi connectivity index (χ4v) is 3.34. The van der Waals surface area contributed by atoms with Gasteiger partial charge < -0.3 is 5.11 Å². The van der Waals surface area contributed by atoms with Crippen molar-refractivity contribution < 1.29 is 13.9 Å². The number of rotatable bonds is 5. The fraction of sp³-hybridized carbons (Fsp3) is 0.471. The molecule has 124 valence electrons. The number of hydrogen-bond donors (Lipinski definition) is 1. The number of aromatic nitrogens is 2. The number of aryl methyl sites for hydroxylation is 1. The molecule has 1 aromatic carbocycles. The summed E-state index contributed by atoms with van der Waals surface area (Å²) in [5.74, 6) is -0.874. The van der Waals surface area contributed by atoms with Gasteiger partial charge in [-0.2, -0.15) is 5.10 Å². The Morgan fingerprint density at radius 1 is 1.30 bits per heavy atom. The highest BCUT2D eigenvalue weighted by Gasteiger charge is 2.33. The molecule has 1 aliphatic rings. The normalized spacial score (nSPS) is 21.9. The van der Waals surface area contributed by atoms with Crippen LogP contribution in [0.15, 0.2) is 30.5 Å². The van der Waals surface area contributed by atoms with Crippen LogP contribution in [-0.2, 0) is 13.0 Å². The van der Waals surface area contributed by atoms with Crippen LogP contribution in [0, 0.1) is 11.6 Å². The van der Waals surface area contributed by atoms with Crippen molar-refractivity contribution in [2.45, 2.75) is 38.5 Å². The Morgan fingerprint density at radius 2 is 2.13 bits per heavy atom. The maximum atomic E-state index is 14.1. The second-order valence-electron chi connectivity index (χ2n) is 5.95. The SMILES string of the molecule is CCn1nccc1CCN1C[C@H](O)C[C@@H]1c1cc(F)ccc1F. The molecule has 1 N–H and O–H groups in total. The minimum atomic E-state index is -0.515. The molecule has 1 aromatic heterocycles. The first-order valence-electron chi connectivity index (χ1n) is 7.96. The molecule has 2 atom stereocenters. The van der Waals surface area contributed by atoms with E-state index in [1.807, 2.05) is 22.6 Å². The summed E-state index contributed by atoms with van der Waals surface area (Å²) in [6.07, 6.45) is 2.43. The van der Waals surface area contributed by atoms with Crippen LogP contribution >= 0.6 is 0 Å². The van der Waals surface area contributed by atoms with Gasteiger partial charge >= 0.3 is 0 Å². The first-order valence-corrected chi connectivity index (χ1v) is 7.96. The lowest BCUT2D eigenvalue weighted by atomic mass is 10.0. The van der Waals surface area contributed by atoms with Crippen LogP contribution in [-0.4, -0.2) is 39.0 Å². The third kappa shape index (κ3) is 3.43. The lowest BCUT2D eigenvalue weighted by Gasteiger charge is -2.25. The number of likely N-dealkylation sites (tertiary alicyclic amines) is 1.